The molecule has 1 aliphatic carbocycles. The van der Waals surface area contributed by atoms with Crippen molar-refractivity contribution in [3.8, 4) is 0 Å². The maximum atomic E-state index is 12.2. The minimum absolute atomic E-state index is 0.0472. The van der Waals surface area contributed by atoms with Crippen molar-refractivity contribution in [3.63, 3.8) is 0 Å². The molecule has 0 heterocycles. The van der Waals surface area contributed by atoms with E-state index in [-0.39, 0.29) is 11.6 Å². The Morgan fingerprint density at radius 1 is 1.17 bits per heavy atom. The smallest absolute Gasteiger partial charge is 0.411 e. The van der Waals surface area contributed by atoms with Crippen LogP contribution < -0.4 is 16.0 Å². The van der Waals surface area contributed by atoms with E-state index in [0.29, 0.717) is 17.9 Å². The molecule has 0 radical (unpaired) electrons. The van der Waals surface area contributed by atoms with Crippen molar-refractivity contribution in [2.75, 3.05) is 38.4 Å². The van der Waals surface area contributed by atoms with E-state index >= 15 is 0 Å². The monoisotopic (exact) mass is 334 g/mol. The highest BCUT2D eigenvalue weighted by molar-refractivity contribution is 5.91. The molecule has 0 aromatic heterocycles. The Labute approximate surface area is 142 Å². The molecule has 3 amide bonds. The molecule has 24 heavy (non-hydrogen) atoms. The van der Waals surface area contributed by atoms with Crippen molar-refractivity contribution in [2.45, 2.75) is 31.2 Å². The number of likely N-dealkylation sites (N-methyl/N-ethyl adjacent to an activating group) is 1. The summed E-state index contributed by atoms with van der Waals surface area (Å²) in [6.45, 7) is 0.617. The lowest BCUT2D eigenvalue weighted by atomic mass is 9.96. The van der Waals surface area contributed by atoms with E-state index in [9.17, 15) is 9.59 Å². The number of anilines is 2. The highest BCUT2D eigenvalue weighted by Crippen LogP contribution is 2.33. The fourth-order valence-electron chi connectivity index (χ4n) is 3.08. The Morgan fingerprint density at radius 3 is 2.38 bits per heavy atom. The topological polar surface area (TPSA) is 82.7 Å². The van der Waals surface area contributed by atoms with Crippen molar-refractivity contribution >= 4 is 23.5 Å². The molecular formula is C17H26N4O3. The normalized spacial score (nSPS) is 15.8. The average molecular weight is 334 g/mol. The van der Waals surface area contributed by atoms with Crippen molar-refractivity contribution in [2.24, 2.45) is 0 Å². The molecule has 1 saturated carbocycles. The molecule has 3 N–H and O–H groups in total. The molecule has 1 aromatic carbocycles. The molecule has 7 heteroatoms. The van der Waals surface area contributed by atoms with Gasteiger partial charge in [-0.1, -0.05) is 18.9 Å². The quantitative estimate of drug-likeness (QED) is 0.773. The van der Waals surface area contributed by atoms with E-state index in [4.69, 9.17) is 0 Å². The van der Waals surface area contributed by atoms with Gasteiger partial charge >= 0.3 is 12.1 Å². The Balaban J connectivity index is 1.90. The summed E-state index contributed by atoms with van der Waals surface area (Å²) >= 11 is 0. The fraction of sp³-hybridized carbons (Fsp3) is 0.529. The van der Waals surface area contributed by atoms with Crippen LogP contribution in [0.25, 0.3) is 0 Å². The third-order valence-electron chi connectivity index (χ3n) is 4.61. The molecule has 7 nitrogen and oxygen atoms in total. The van der Waals surface area contributed by atoms with Gasteiger partial charge in [-0.05, 0) is 45.1 Å². The lowest BCUT2D eigenvalue weighted by Gasteiger charge is -2.36. The maximum absolute atomic E-state index is 12.2. The minimum Gasteiger partial charge on any atom is -0.453 e. The van der Waals surface area contributed by atoms with E-state index in [1.54, 1.807) is 24.3 Å². The van der Waals surface area contributed by atoms with Gasteiger partial charge in [-0.3, -0.25) is 5.32 Å². The first-order chi connectivity index (χ1) is 11.4. The highest BCUT2D eigenvalue weighted by atomic mass is 16.5. The maximum Gasteiger partial charge on any atom is 0.411 e. The summed E-state index contributed by atoms with van der Waals surface area (Å²) < 4.78 is 4.55. The largest absolute Gasteiger partial charge is 0.453 e. The zero-order valence-corrected chi connectivity index (χ0v) is 14.5. The molecule has 1 aromatic rings. The Morgan fingerprint density at radius 2 is 1.79 bits per heavy atom. The molecule has 0 saturated heterocycles. The number of ether oxygens (including phenoxy) is 1. The number of hydrogen-bond donors (Lipinski definition) is 3. The lowest BCUT2D eigenvalue weighted by molar-refractivity contribution is 0.156. The lowest BCUT2D eigenvalue weighted by Crippen LogP contribution is -2.51. The van der Waals surface area contributed by atoms with Gasteiger partial charge in [0.25, 0.3) is 0 Å². The first-order valence-electron chi connectivity index (χ1n) is 8.12. The highest BCUT2D eigenvalue weighted by Gasteiger charge is 2.36. The molecule has 1 aliphatic rings. The summed E-state index contributed by atoms with van der Waals surface area (Å²) in [6.07, 6.45) is 4.04. The molecule has 0 bridgehead atoms. The van der Waals surface area contributed by atoms with Gasteiger partial charge in [-0.15, -0.1) is 0 Å². The van der Waals surface area contributed by atoms with Crippen molar-refractivity contribution < 1.29 is 14.3 Å². The van der Waals surface area contributed by atoms with Gasteiger partial charge in [0.15, 0.2) is 0 Å². The summed E-state index contributed by atoms with van der Waals surface area (Å²) in [4.78, 5) is 25.6. The minimum atomic E-state index is -0.550. The van der Waals surface area contributed by atoms with E-state index in [0.717, 1.165) is 12.8 Å². The van der Waals surface area contributed by atoms with E-state index in [2.05, 4.69) is 39.7 Å². The van der Waals surface area contributed by atoms with Crippen LogP contribution in [-0.4, -0.2) is 50.3 Å². The zero-order valence-electron chi connectivity index (χ0n) is 14.5. The predicted octanol–water partition coefficient (Wildman–Crippen LogP) is 2.86. The summed E-state index contributed by atoms with van der Waals surface area (Å²) in [5.74, 6) is 0. The van der Waals surface area contributed by atoms with Crippen LogP contribution >= 0.6 is 0 Å². The van der Waals surface area contributed by atoms with Crippen LogP contribution in [0.5, 0.6) is 0 Å². The number of urea groups is 1. The number of nitrogens with zero attached hydrogens (tertiary/aromatic N) is 1. The SMILES string of the molecule is COC(=O)Nc1cccc(NC(=O)NCC2(N(C)C)CCCC2)c1. The third kappa shape index (κ3) is 4.61. The molecule has 0 spiro atoms. The summed E-state index contributed by atoms with van der Waals surface area (Å²) in [7, 11) is 5.42. The van der Waals surface area contributed by atoms with E-state index < -0.39 is 6.09 Å². The van der Waals surface area contributed by atoms with Crippen LogP contribution in [-0.2, 0) is 4.74 Å². The second-order valence-electron chi connectivity index (χ2n) is 6.33. The third-order valence-corrected chi connectivity index (χ3v) is 4.61. The van der Waals surface area contributed by atoms with Gasteiger partial charge < -0.3 is 20.3 Å². The fourth-order valence-corrected chi connectivity index (χ4v) is 3.08. The van der Waals surface area contributed by atoms with Gasteiger partial charge in [0.05, 0.1) is 7.11 Å². The van der Waals surface area contributed by atoms with Gasteiger partial charge in [0, 0.05) is 23.5 Å². The summed E-state index contributed by atoms with van der Waals surface area (Å²) in [6, 6.07) is 6.66. The van der Waals surface area contributed by atoms with Crippen LogP contribution in [0.15, 0.2) is 24.3 Å². The van der Waals surface area contributed by atoms with Crippen molar-refractivity contribution in [3.05, 3.63) is 24.3 Å². The number of carbonyl (C=O) groups is 2. The molecule has 0 unspecified atom stereocenters. The van der Waals surface area contributed by atoms with Crippen LogP contribution in [0.1, 0.15) is 25.7 Å². The summed E-state index contributed by atoms with van der Waals surface area (Å²) in [5, 5.41) is 8.32. The van der Waals surface area contributed by atoms with Gasteiger partial charge in [-0.25, -0.2) is 9.59 Å². The molecule has 132 valence electrons. The number of amides is 3. The number of methoxy groups -OCH3 is 1. The molecule has 2 rings (SSSR count). The van der Waals surface area contributed by atoms with Gasteiger partial charge in [0.1, 0.15) is 0 Å². The van der Waals surface area contributed by atoms with Crippen LogP contribution in [0.3, 0.4) is 0 Å². The number of carbonyl (C=O) groups excluding carboxylic acids is 2. The zero-order chi connectivity index (χ0) is 17.6. The molecule has 0 atom stereocenters. The van der Waals surface area contributed by atoms with Gasteiger partial charge in [0.2, 0.25) is 0 Å². The first kappa shape index (κ1) is 18.1. The second-order valence-corrected chi connectivity index (χ2v) is 6.33. The van der Waals surface area contributed by atoms with Gasteiger partial charge in [-0.2, -0.15) is 0 Å². The van der Waals surface area contributed by atoms with Crippen molar-refractivity contribution in [1.82, 2.24) is 10.2 Å². The standard InChI is InChI=1S/C17H26N4O3/c1-21(2)17(9-4-5-10-17)12-18-15(22)19-13-7-6-8-14(11-13)20-16(23)24-3/h6-8,11H,4-5,9-10,12H2,1-3H3,(H,20,23)(H2,18,19,22). The Kier molecular flexibility index (Phi) is 6.03. The van der Waals surface area contributed by atoms with Crippen LogP contribution in [0.2, 0.25) is 0 Å². The predicted molar refractivity (Wildman–Crippen MR) is 94.4 cm³/mol. The van der Waals surface area contributed by atoms with Crippen molar-refractivity contribution in [1.29, 1.82) is 0 Å². The van der Waals surface area contributed by atoms with E-state index in [1.165, 1.54) is 20.0 Å². The first-order valence-corrected chi connectivity index (χ1v) is 8.12. The average Bonchev–Trinajstić information content (AvgIpc) is 3.03. The Bertz CT molecular complexity index is 583. The second kappa shape index (κ2) is 8.01. The van der Waals surface area contributed by atoms with Crippen LogP contribution in [0.4, 0.5) is 21.0 Å². The van der Waals surface area contributed by atoms with Crippen LogP contribution in [0, 0.1) is 0 Å². The van der Waals surface area contributed by atoms with E-state index in [1.807, 2.05) is 0 Å². The molecule has 1 fully saturated rings. The summed E-state index contributed by atoms with van der Waals surface area (Å²) in [5.41, 5.74) is 1.21. The molecular weight excluding hydrogens is 308 g/mol. The number of hydrogen-bond acceptors (Lipinski definition) is 4. The number of rotatable bonds is 5. The number of nitrogens with one attached hydrogen (secondary N) is 3. The Hall–Kier alpha value is -2.28. The number of benzene rings is 1. The molecule has 0 aliphatic heterocycles.